The summed E-state index contributed by atoms with van der Waals surface area (Å²) in [6.07, 6.45) is 2.76. The van der Waals surface area contributed by atoms with E-state index >= 15 is 0 Å². The van der Waals surface area contributed by atoms with Crippen molar-refractivity contribution < 1.29 is 17.7 Å². The molecule has 1 atom stereocenters. The largest absolute Gasteiger partial charge is 0.360 e. The first-order valence-corrected chi connectivity index (χ1v) is 9.62. The summed E-state index contributed by atoms with van der Waals surface area (Å²) in [5.41, 5.74) is 0.272. The van der Waals surface area contributed by atoms with E-state index in [1.165, 1.54) is 6.92 Å². The number of nitrogens with zero attached hydrogens (tertiary/aromatic N) is 4. The number of carbonyl (C=O) groups is 1. The molecule has 1 aliphatic heterocycles. The number of aryl methyl sites for hydroxylation is 3. The molecule has 2 aromatic heterocycles. The normalized spacial score (nSPS) is 18.8. The van der Waals surface area contributed by atoms with Gasteiger partial charge in [-0.1, -0.05) is 5.16 Å². The highest BCUT2D eigenvalue weighted by molar-refractivity contribution is 7.89. The minimum absolute atomic E-state index is 0.00368. The summed E-state index contributed by atoms with van der Waals surface area (Å²) in [6.45, 7) is 6.18. The molecule has 3 heterocycles. The Morgan fingerprint density at radius 3 is 2.80 bits per heavy atom. The van der Waals surface area contributed by atoms with Crippen molar-refractivity contribution in [3.8, 4) is 0 Å². The van der Waals surface area contributed by atoms with Crippen LogP contribution in [0.4, 0.5) is 5.82 Å². The number of amides is 1. The number of hydrogen-bond acceptors (Lipinski definition) is 6. The van der Waals surface area contributed by atoms with Crippen molar-refractivity contribution in [3.63, 3.8) is 0 Å². The molecule has 1 amide bonds. The number of piperidine rings is 1. The van der Waals surface area contributed by atoms with Gasteiger partial charge in [0.15, 0.2) is 5.76 Å². The molecule has 3 rings (SSSR count). The highest BCUT2D eigenvalue weighted by atomic mass is 32.2. The maximum absolute atomic E-state index is 12.8. The van der Waals surface area contributed by atoms with Gasteiger partial charge in [0, 0.05) is 19.2 Å². The molecule has 0 saturated carbocycles. The van der Waals surface area contributed by atoms with E-state index in [4.69, 9.17) is 4.52 Å². The van der Waals surface area contributed by atoms with Crippen LogP contribution in [0.25, 0.3) is 0 Å². The molecule has 1 aliphatic rings. The van der Waals surface area contributed by atoms with E-state index in [1.54, 1.807) is 28.8 Å². The summed E-state index contributed by atoms with van der Waals surface area (Å²) in [5.74, 6) is 0.597. The quantitative estimate of drug-likeness (QED) is 0.843. The number of anilines is 1. The van der Waals surface area contributed by atoms with Crippen LogP contribution in [0.3, 0.4) is 0 Å². The SMILES string of the molecule is CCn1nccc1N1CCC[C@@H](NS(=O)(=O)c2c(C)noc2C)C1=O. The molecule has 0 unspecified atom stereocenters. The zero-order valence-corrected chi connectivity index (χ0v) is 15.2. The number of nitrogens with one attached hydrogen (secondary N) is 1. The maximum Gasteiger partial charge on any atom is 0.246 e. The number of sulfonamides is 1. The third kappa shape index (κ3) is 3.19. The van der Waals surface area contributed by atoms with Crippen molar-refractivity contribution in [2.75, 3.05) is 11.4 Å². The molecular weight excluding hydrogens is 346 g/mol. The summed E-state index contributed by atoms with van der Waals surface area (Å²) >= 11 is 0. The van der Waals surface area contributed by atoms with Crippen LogP contribution in [-0.4, -0.2) is 41.8 Å². The fourth-order valence-corrected chi connectivity index (χ4v) is 4.67. The second-order valence-electron chi connectivity index (χ2n) is 5.96. The minimum Gasteiger partial charge on any atom is -0.360 e. The topological polar surface area (TPSA) is 110 Å². The summed E-state index contributed by atoms with van der Waals surface area (Å²) in [4.78, 5) is 14.4. The molecule has 136 valence electrons. The van der Waals surface area contributed by atoms with Gasteiger partial charge < -0.3 is 4.52 Å². The van der Waals surface area contributed by atoms with Gasteiger partial charge in [0.05, 0.1) is 6.20 Å². The van der Waals surface area contributed by atoms with Crippen LogP contribution in [0.2, 0.25) is 0 Å². The summed E-state index contributed by atoms with van der Waals surface area (Å²) in [7, 11) is -3.89. The van der Waals surface area contributed by atoms with E-state index < -0.39 is 16.1 Å². The van der Waals surface area contributed by atoms with Crippen molar-refractivity contribution in [1.29, 1.82) is 0 Å². The molecule has 0 aliphatic carbocycles. The minimum atomic E-state index is -3.89. The molecule has 0 radical (unpaired) electrons. The molecule has 25 heavy (non-hydrogen) atoms. The fourth-order valence-electron chi connectivity index (χ4n) is 3.12. The zero-order chi connectivity index (χ0) is 18.2. The average molecular weight is 367 g/mol. The third-order valence-electron chi connectivity index (χ3n) is 4.24. The molecule has 2 aromatic rings. The molecule has 1 saturated heterocycles. The Bertz CT molecular complexity index is 866. The van der Waals surface area contributed by atoms with Gasteiger partial charge in [0.2, 0.25) is 15.9 Å². The van der Waals surface area contributed by atoms with Gasteiger partial charge in [0.1, 0.15) is 22.4 Å². The van der Waals surface area contributed by atoms with Gasteiger partial charge in [0.25, 0.3) is 0 Å². The van der Waals surface area contributed by atoms with Gasteiger partial charge in [-0.25, -0.2) is 13.1 Å². The highest BCUT2D eigenvalue weighted by Crippen LogP contribution is 2.24. The second kappa shape index (κ2) is 6.60. The predicted octanol–water partition coefficient (Wildman–Crippen LogP) is 0.982. The Morgan fingerprint density at radius 1 is 1.40 bits per heavy atom. The molecule has 0 aromatic carbocycles. The van der Waals surface area contributed by atoms with E-state index in [-0.39, 0.29) is 22.3 Å². The second-order valence-corrected chi connectivity index (χ2v) is 7.62. The zero-order valence-electron chi connectivity index (χ0n) is 14.4. The molecule has 0 bridgehead atoms. The van der Waals surface area contributed by atoms with Crippen LogP contribution in [0, 0.1) is 13.8 Å². The van der Waals surface area contributed by atoms with Crippen LogP contribution in [-0.2, 0) is 21.4 Å². The van der Waals surface area contributed by atoms with Crippen molar-refractivity contribution in [2.45, 2.75) is 51.1 Å². The summed E-state index contributed by atoms with van der Waals surface area (Å²) in [6, 6.07) is 0.930. The van der Waals surface area contributed by atoms with Gasteiger partial charge in [-0.05, 0) is 33.6 Å². The summed E-state index contributed by atoms with van der Waals surface area (Å²) < 4.78 is 34.5. The Labute approximate surface area is 146 Å². The first-order valence-electron chi connectivity index (χ1n) is 8.13. The molecule has 0 spiro atoms. The van der Waals surface area contributed by atoms with E-state index in [0.29, 0.717) is 31.7 Å². The molecule has 9 nitrogen and oxygen atoms in total. The lowest BCUT2D eigenvalue weighted by Crippen LogP contribution is -2.53. The molecule has 1 N–H and O–H groups in total. The fraction of sp³-hybridized carbons (Fsp3) is 0.533. The van der Waals surface area contributed by atoms with Gasteiger partial charge in [-0.15, -0.1) is 0 Å². The lowest BCUT2D eigenvalue weighted by molar-refractivity contribution is -0.121. The number of hydrogen-bond donors (Lipinski definition) is 1. The molecule has 10 heteroatoms. The first kappa shape index (κ1) is 17.6. The van der Waals surface area contributed by atoms with Crippen LogP contribution in [0.1, 0.15) is 31.2 Å². The Balaban J connectivity index is 1.85. The standard InChI is InChI=1S/C15H21N5O4S/c1-4-20-13(7-8-16-20)19-9-5-6-12(15(19)21)18-25(22,23)14-10(2)17-24-11(14)3/h7-8,12,18H,4-6,9H2,1-3H3/t12-/m1/s1. The number of aromatic nitrogens is 3. The average Bonchev–Trinajstić information content (AvgIpc) is 3.15. The van der Waals surface area contributed by atoms with Gasteiger partial charge in [-0.2, -0.15) is 9.82 Å². The van der Waals surface area contributed by atoms with Crippen molar-refractivity contribution >= 4 is 21.7 Å². The van der Waals surface area contributed by atoms with Crippen LogP contribution in [0.15, 0.2) is 21.7 Å². The van der Waals surface area contributed by atoms with Gasteiger partial charge >= 0.3 is 0 Å². The van der Waals surface area contributed by atoms with E-state index in [1.807, 2.05) is 6.92 Å². The third-order valence-corrected chi connectivity index (χ3v) is 5.96. The number of rotatable bonds is 5. The van der Waals surface area contributed by atoms with E-state index in [9.17, 15) is 13.2 Å². The highest BCUT2D eigenvalue weighted by Gasteiger charge is 2.36. The predicted molar refractivity (Wildman–Crippen MR) is 89.6 cm³/mol. The van der Waals surface area contributed by atoms with Crippen LogP contribution < -0.4 is 9.62 Å². The Kier molecular flexibility index (Phi) is 4.65. The maximum atomic E-state index is 12.8. The van der Waals surface area contributed by atoms with Crippen molar-refractivity contribution in [3.05, 3.63) is 23.7 Å². The summed E-state index contributed by atoms with van der Waals surface area (Å²) in [5, 5.41) is 7.84. The van der Waals surface area contributed by atoms with Crippen LogP contribution in [0.5, 0.6) is 0 Å². The molecule has 1 fully saturated rings. The van der Waals surface area contributed by atoms with Gasteiger partial charge in [-0.3, -0.25) is 9.69 Å². The van der Waals surface area contributed by atoms with Crippen LogP contribution >= 0.6 is 0 Å². The first-order chi connectivity index (χ1) is 11.8. The lowest BCUT2D eigenvalue weighted by Gasteiger charge is -2.32. The van der Waals surface area contributed by atoms with E-state index in [0.717, 1.165) is 0 Å². The van der Waals surface area contributed by atoms with E-state index in [2.05, 4.69) is 15.0 Å². The monoisotopic (exact) mass is 367 g/mol. The lowest BCUT2D eigenvalue weighted by atomic mass is 10.1. The Hall–Kier alpha value is -2.20. The number of carbonyl (C=O) groups excluding carboxylic acids is 1. The Morgan fingerprint density at radius 2 is 2.16 bits per heavy atom. The van der Waals surface area contributed by atoms with Crippen molar-refractivity contribution in [1.82, 2.24) is 19.7 Å². The molecular formula is C15H21N5O4S. The smallest absolute Gasteiger partial charge is 0.246 e. The van der Waals surface area contributed by atoms with Crippen molar-refractivity contribution in [2.24, 2.45) is 0 Å².